The molecule has 0 spiro atoms. The molecule has 0 radical (unpaired) electrons. The van der Waals surface area contributed by atoms with Crippen molar-refractivity contribution in [2.75, 3.05) is 0 Å². The maximum Gasteiger partial charge on any atom is 2.00 e. The summed E-state index contributed by atoms with van der Waals surface area (Å²) >= 11 is 0. The predicted molar refractivity (Wildman–Crippen MR) is 30.0 cm³/mol. The van der Waals surface area contributed by atoms with Crippen LogP contribution >= 0.6 is 7.14 Å². The van der Waals surface area contributed by atoms with E-state index in [0.717, 1.165) is 0 Å². The van der Waals surface area contributed by atoms with Crippen LogP contribution in [-0.2, 0) is 4.57 Å². The molecule has 0 rings (SSSR count). The maximum absolute atomic E-state index is 9.39. The van der Waals surface area contributed by atoms with E-state index in [0.29, 0.717) is 0 Å². The predicted octanol–water partition coefficient (Wildman–Crippen LogP) is -1.71. The Bertz CT molecular complexity index is 63.4. The molecule has 6 heteroatoms. The van der Waals surface area contributed by atoms with Crippen LogP contribution < -0.4 is 0 Å². The minimum atomic E-state index is -3.50. The van der Waals surface area contributed by atoms with E-state index in [1.54, 1.807) is 0 Å². The molecule has 0 atom stereocenters. The van der Waals surface area contributed by atoms with Crippen LogP contribution in [0.15, 0.2) is 0 Å². The van der Waals surface area contributed by atoms with Crippen LogP contribution in [0.2, 0.25) is 0 Å². The largest absolute Gasteiger partial charge is 2.00 e. The molecule has 0 aromatic carbocycles. The van der Waals surface area contributed by atoms with E-state index < -0.39 is 7.14 Å². The third kappa shape index (κ3) is 45.5. The Morgan fingerprint density at radius 1 is 1.67 bits per heavy atom. The van der Waals surface area contributed by atoms with Crippen LogP contribution in [0.5, 0.6) is 0 Å². The van der Waals surface area contributed by atoms with Crippen molar-refractivity contribution in [2.24, 2.45) is 0 Å². The van der Waals surface area contributed by atoms with Crippen molar-refractivity contribution in [1.82, 2.24) is 0 Å². The Morgan fingerprint density at radius 2 is 1.67 bits per heavy atom. The summed E-state index contributed by atoms with van der Waals surface area (Å²) in [5.74, 6) is 0. The molecule has 0 aliphatic carbocycles. The first-order chi connectivity index (χ1) is 2.00. The van der Waals surface area contributed by atoms with Gasteiger partial charge in [-0.05, 0) is 0 Å². The summed E-state index contributed by atoms with van der Waals surface area (Å²) in [6, 6.07) is 0. The zero-order chi connectivity index (χ0) is 4.50. The second-order valence-corrected chi connectivity index (χ2v) is 6.00. The minimum absolute atomic E-state index is 0. The fraction of sp³-hybridized carbons (Fsp3) is 0. The smallest absolute Gasteiger partial charge is 1.00 e. The zero-order valence-electron chi connectivity index (χ0n) is 5.46. The molecule has 36 valence electrons. The molecule has 0 aromatic heterocycles. The SMILES string of the molecule is O=P(O)(O)[SiH3].[Ca+2].[H-].[H-]. The summed E-state index contributed by atoms with van der Waals surface area (Å²) in [5, 5.41) is 0. The van der Waals surface area contributed by atoms with Crippen molar-refractivity contribution in [1.29, 1.82) is 0 Å². The van der Waals surface area contributed by atoms with Crippen LogP contribution in [0, 0.1) is 0 Å². The molecule has 0 amide bonds. The second kappa shape index (κ2) is 3.61. The van der Waals surface area contributed by atoms with Gasteiger partial charge in [0.15, 0.2) is 0 Å². The van der Waals surface area contributed by atoms with Crippen LogP contribution in [0.25, 0.3) is 0 Å². The molecule has 6 heavy (non-hydrogen) atoms. The van der Waals surface area contributed by atoms with E-state index in [1.807, 2.05) is 0 Å². The van der Waals surface area contributed by atoms with Gasteiger partial charge in [0.1, 0.15) is 9.91 Å². The fourth-order valence-corrected chi connectivity index (χ4v) is 0. The van der Waals surface area contributed by atoms with Gasteiger partial charge >= 0.3 is 37.7 Å². The van der Waals surface area contributed by atoms with E-state index in [9.17, 15) is 4.57 Å². The fourth-order valence-electron chi connectivity index (χ4n) is 0. The van der Waals surface area contributed by atoms with E-state index in [2.05, 4.69) is 0 Å². The first kappa shape index (κ1) is 10.6. The minimum Gasteiger partial charge on any atom is -1.00 e. The van der Waals surface area contributed by atoms with Crippen molar-refractivity contribution in [3.63, 3.8) is 0 Å². The first-order valence-corrected chi connectivity index (χ1v) is 5.77. The summed E-state index contributed by atoms with van der Waals surface area (Å²) in [6.07, 6.45) is 0. The Morgan fingerprint density at radius 3 is 1.67 bits per heavy atom. The van der Waals surface area contributed by atoms with Gasteiger partial charge in [-0.15, -0.1) is 0 Å². The molecule has 0 unspecified atom stereocenters. The van der Waals surface area contributed by atoms with Gasteiger partial charge in [0.2, 0.25) is 0 Å². The van der Waals surface area contributed by atoms with Gasteiger partial charge < -0.3 is 12.6 Å². The molecule has 3 nitrogen and oxygen atoms in total. The molecule has 0 bridgehead atoms. The van der Waals surface area contributed by atoms with E-state index >= 15 is 0 Å². The van der Waals surface area contributed by atoms with Crippen LogP contribution in [0.1, 0.15) is 2.85 Å². The molecule has 0 saturated carbocycles. The van der Waals surface area contributed by atoms with E-state index in [-0.39, 0.29) is 50.5 Å². The average molecular weight is 154 g/mol. The Kier molecular flexibility index (Phi) is 6.36. The van der Waals surface area contributed by atoms with Crippen molar-refractivity contribution in [2.45, 2.75) is 0 Å². The van der Waals surface area contributed by atoms with Crippen molar-refractivity contribution in [3.05, 3.63) is 0 Å². The summed E-state index contributed by atoms with van der Waals surface area (Å²) in [5.41, 5.74) is 0. The van der Waals surface area contributed by atoms with Gasteiger partial charge in [0.25, 0.3) is 7.14 Å². The third-order valence-corrected chi connectivity index (χ3v) is 0. The van der Waals surface area contributed by atoms with Gasteiger partial charge in [-0.2, -0.15) is 0 Å². The second-order valence-electron chi connectivity index (χ2n) is 0.835. The van der Waals surface area contributed by atoms with Crippen molar-refractivity contribution >= 4 is 54.8 Å². The summed E-state index contributed by atoms with van der Waals surface area (Å²) < 4.78 is 9.39. The van der Waals surface area contributed by atoms with Gasteiger partial charge in [-0.25, -0.2) is 0 Å². The molecule has 0 aliphatic heterocycles. The summed E-state index contributed by atoms with van der Waals surface area (Å²) in [7, 11) is -3.53. The summed E-state index contributed by atoms with van der Waals surface area (Å²) in [6.45, 7) is 0. The summed E-state index contributed by atoms with van der Waals surface area (Å²) in [4.78, 5) is 15.4. The number of hydrogen-bond acceptors (Lipinski definition) is 1. The van der Waals surface area contributed by atoms with Crippen LogP contribution in [-0.4, -0.2) is 57.4 Å². The Hall–Kier alpha value is 1.63. The van der Waals surface area contributed by atoms with Gasteiger partial charge in [-0.1, -0.05) is 0 Å². The molecule has 0 aliphatic rings. The maximum atomic E-state index is 9.39. The molecule has 2 N–H and O–H groups in total. The monoisotopic (exact) mass is 154 g/mol. The molecule has 0 aromatic rings. The van der Waals surface area contributed by atoms with Crippen LogP contribution in [0.3, 0.4) is 0 Å². The number of rotatable bonds is 0. The first-order valence-electron chi connectivity index (χ1n) is 1.03. The molecule has 0 saturated heterocycles. The van der Waals surface area contributed by atoms with Gasteiger partial charge in [0, 0.05) is 0 Å². The van der Waals surface area contributed by atoms with Gasteiger partial charge in [-0.3, -0.25) is 4.57 Å². The normalized spacial score (nSPS) is 10.3. The molecule has 0 heterocycles. The topological polar surface area (TPSA) is 57.5 Å². The van der Waals surface area contributed by atoms with Crippen molar-refractivity contribution in [3.8, 4) is 0 Å². The molecular formula is H7CaO3PSi. The third-order valence-electron chi connectivity index (χ3n) is 0. The van der Waals surface area contributed by atoms with E-state index in [4.69, 9.17) is 9.79 Å². The zero-order valence-corrected chi connectivity index (χ0v) is 8.56. The number of hydrogen-bond donors (Lipinski definition) is 2. The molecule has 0 fully saturated rings. The Labute approximate surface area is 71.5 Å². The van der Waals surface area contributed by atoms with Gasteiger partial charge in [0.05, 0.1) is 0 Å². The average Bonchev–Trinajstić information content (AvgIpc) is 0.722. The Balaban J connectivity index is -0.0000000267. The standard InChI is InChI=1S/Ca.H5O3PSi.2H/c;1-4(2,3)5;;/h;5H3,(H2,1,2,3);;/q+2;;2*-1. The van der Waals surface area contributed by atoms with Crippen molar-refractivity contribution < 1.29 is 17.2 Å². The molecular weight excluding hydrogens is 147 g/mol. The van der Waals surface area contributed by atoms with Crippen LogP contribution in [0.4, 0.5) is 0 Å². The van der Waals surface area contributed by atoms with E-state index in [1.165, 1.54) is 0 Å². The quantitative estimate of drug-likeness (QED) is 0.322.